The van der Waals surface area contributed by atoms with E-state index in [9.17, 15) is 14.9 Å². The minimum atomic E-state index is -0.494. The van der Waals surface area contributed by atoms with Gasteiger partial charge in [-0.1, -0.05) is 0 Å². The molecule has 4 heterocycles. The molecule has 8 nitrogen and oxygen atoms in total. The molecule has 5 rings (SSSR count). The van der Waals surface area contributed by atoms with Gasteiger partial charge in [0.1, 0.15) is 0 Å². The van der Waals surface area contributed by atoms with Crippen molar-refractivity contribution in [1.29, 1.82) is 0 Å². The second-order valence-electron chi connectivity index (χ2n) is 6.51. The Kier molecular flexibility index (Phi) is 3.76. The molecular weight excluding hydrogens is 378 g/mol. The van der Waals surface area contributed by atoms with Crippen LogP contribution < -0.4 is 10.2 Å². The number of nitro benzene ring substituents is 1. The van der Waals surface area contributed by atoms with Crippen LogP contribution in [-0.4, -0.2) is 46.5 Å². The van der Waals surface area contributed by atoms with Crippen LogP contribution in [0.5, 0.6) is 0 Å². The highest BCUT2D eigenvalue weighted by Gasteiger charge is 2.38. The van der Waals surface area contributed by atoms with E-state index in [1.165, 1.54) is 25.5 Å². The predicted molar refractivity (Wildman–Crippen MR) is 90.0 cm³/mol. The molecule has 0 saturated carbocycles. The highest BCUT2D eigenvalue weighted by Crippen LogP contribution is 2.34. The van der Waals surface area contributed by atoms with Crippen LogP contribution in [0.25, 0.3) is 11.0 Å². The largest absolute Gasteiger partial charge is 0.344 e. The van der Waals surface area contributed by atoms with Crippen LogP contribution in [0.3, 0.4) is 0 Å². The number of hydrogen-bond donors (Lipinski definition) is 3. The number of piperidine rings is 3. The van der Waals surface area contributed by atoms with E-state index < -0.39 is 4.92 Å². The summed E-state index contributed by atoms with van der Waals surface area (Å²) < 4.78 is 0.261. The number of fused-ring (bicyclic) bond motifs is 4. The smallest absolute Gasteiger partial charge is 0.311 e. The second-order valence-corrected chi connectivity index (χ2v) is 7.36. The van der Waals surface area contributed by atoms with Crippen LogP contribution in [0, 0.1) is 16.0 Å². The number of halogens is 1. The van der Waals surface area contributed by atoms with Crippen molar-refractivity contribution in [1.82, 2.24) is 15.3 Å². The van der Waals surface area contributed by atoms with Crippen molar-refractivity contribution in [3.05, 3.63) is 32.5 Å². The number of hydrogen-bond acceptors (Lipinski definition) is 4. The summed E-state index contributed by atoms with van der Waals surface area (Å²) in [7, 11) is 0. The minimum absolute atomic E-state index is 0.130. The Morgan fingerprint density at radius 2 is 2.21 bits per heavy atom. The fourth-order valence-corrected chi connectivity index (χ4v) is 4.52. The van der Waals surface area contributed by atoms with Crippen molar-refractivity contribution >= 4 is 38.6 Å². The first kappa shape index (κ1) is 15.5. The molecule has 0 aliphatic carbocycles. The van der Waals surface area contributed by atoms with Gasteiger partial charge in [-0.15, -0.1) is 0 Å². The van der Waals surface area contributed by atoms with Gasteiger partial charge in [0.05, 0.1) is 52.5 Å². The van der Waals surface area contributed by atoms with E-state index in [1.807, 2.05) is 0 Å². The van der Waals surface area contributed by atoms with E-state index in [1.54, 1.807) is 4.90 Å². The quantitative estimate of drug-likeness (QED) is 0.524. The molecule has 24 heavy (non-hydrogen) atoms. The zero-order valence-electron chi connectivity index (χ0n) is 12.8. The highest BCUT2D eigenvalue weighted by atomic mass is 79.9. The maximum Gasteiger partial charge on any atom is 0.311 e. The van der Waals surface area contributed by atoms with Crippen LogP contribution >= 0.6 is 15.9 Å². The topological polar surface area (TPSA) is 105 Å². The summed E-state index contributed by atoms with van der Waals surface area (Å²) in [5.74, 6) is 0.322. The van der Waals surface area contributed by atoms with Crippen LogP contribution in [0.2, 0.25) is 0 Å². The molecule has 0 radical (unpaired) electrons. The molecule has 3 aliphatic heterocycles. The first-order valence-corrected chi connectivity index (χ1v) is 8.78. The maximum absolute atomic E-state index is 12.8. The van der Waals surface area contributed by atoms with E-state index in [0.717, 1.165) is 19.4 Å². The lowest BCUT2D eigenvalue weighted by molar-refractivity contribution is -0.917. The molecule has 1 aromatic heterocycles. The van der Waals surface area contributed by atoms with Gasteiger partial charge in [0.25, 0.3) is 5.91 Å². The minimum Gasteiger partial charge on any atom is -0.344 e. The van der Waals surface area contributed by atoms with Gasteiger partial charge < -0.3 is 15.2 Å². The lowest BCUT2D eigenvalue weighted by atomic mass is 9.84. The monoisotopic (exact) mass is 394 g/mol. The fraction of sp³-hybridized carbons (Fsp3) is 0.467. The Morgan fingerprint density at radius 1 is 1.46 bits per heavy atom. The number of H-pyrrole nitrogens is 1. The number of nitrogens with one attached hydrogen (secondary N) is 3. The molecule has 2 bridgehead atoms. The highest BCUT2D eigenvalue weighted by molar-refractivity contribution is 9.10. The fourth-order valence-electron chi connectivity index (χ4n) is 3.96. The molecule has 3 N–H and O–H groups in total. The molecular formula is C15H17BrN5O3+. The molecule has 1 aromatic carbocycles. The predicted octanol–water partition coefficient (Wildman–Crippen LogP) is 0.641. The lowest BCUT2D eigenvalue weighted by Gasteiger charge is -2.42. The van der Waals surface area contributed by atoms with Crippen molar-refractivity contribution < 1.29 is 14.6 Å². The van der Waals surface area contributed by atoms with Crippen LogP contribution in [0.4, 0.5) is 5.69 Å². The third-order valence-electron chi connectivity index (χ3n) is 5.19. The van der Waals surface area contributed by atoms with E-state index in [0.29, 0.717) is 17.0 Å². The number of quaternary nitrogens is 1. The number of rotatable bonds is 3. The standard InChI is InChI=1S/C15H16BrN5O3/c16-10-5-9(12-13(18-7-17-12)14(10)21(23)24)15(22)19-11-6-20-3-1-8(11)2-4-20/h5,7-8,11H,1-4,6H2,(H,17,18)(H,19,22)/p+1/t11-/m0/s1. The van der Waals surface area contributed by atoms with Crippen molar-refractivity contribution in [2.45, 2.75) is 18.9 Å². The van der Waals surface area contributed by atoms with E-state index in [4.69, 9.17) is 0 Å². The summed E-state index contributed by atoms with van der Waals surface area (Å²) in [5.41, 5.74) is 0.844. The van der Waals surface area contributed by atoms with Crippen LogP contribution in [-0.2, 0) is 0 Å². The number of benzene rings is 1. The van der Waals surface area contributed by atoms with Gasteiger partial charge in [0.2, 0.25) is 0 Å². The molecule has 3 saturated heterocycles. The Balaban J connectivity index is 1.67. The van der Waals surface area contributed by atoms with Gasteiger partial charge >= 0.3 is 5.69 Å². The molecule has 3 aliphatic rings. The zero-order valence-corrected chi connectivity index (χ0v) is 14.4. The molecule has 0 unspecified atom stereocenters. The Bertz CT molecular complexity index is 828. The van der Waals surface area contributed by atoms with Crippen LogP contribution in [0.1, 0.15) is 23.2 Å². The Hall–Kier alpha value is -2.00. The normalized spacial score (nSPS) is 25.8. The van der Waals surface area contributed by atoms with Gasteiger partial charge in [-0.2, -0.15) is 0 Å². The van der Waals surface area contributed by atoms with E-state index in [2.05, 4.69) is 31.2 Å². The number of aromatic nitrogens is 2. The molecule has 126 valence electrons. The average Bonchev–Trinajstić information content (AvgIpc) is 3.03. The van der Waals surface area contributed by atoms with Crippen molar-refractivity contribution in [2.75, 3.05) is 19.6 Å². The summed E-state index contributed by atoms with van der Waals surface area (Å²) >= 11 is 3.20. The van der Waals surface area contributed by atoms with Gasteiger partial charge in [0.15, 0.2) is 5.52 Å². The summed E-state index contributed by atoms with van der Waals surface area (Å²) in [5, 5.41) is 14.4. The molecule has 1 atom stereocenters. The van der Waals surface area contributed by atoms with Crippen molar-refractivity contribution in [3.63, 3.8) is 0 Å². The van der Waals surface area contributed by atoms with Crippen LogP contribution in [0.15, 0.2) is 16.9 Å². The Morgan fingerprint density at radius 3 is 2.83 bits per heavy atom. The third-order valence-corrected chi connectivity index (χ3v) is 5.79. The number of amides is 1. The molecule has 9 heteroatoms. The number of imidazole rings is 1. The Labute approximate surface area is 145 Å². The first-order chi connectivity index (χ1) is 11.5. The first-order valence-electron chi connectivity index (χ1n) is 7.99. The summed E-state index contributed by atoms with van der Waals surface area (Å²) in [6.07, 6.45) is 3.66. The van der Waals surface area contributed by atoms with Crippen molar-refractivity contribution in [2.24, 2.45) is 5.92 Å². The van der Waals surface area contributed by atoms with Gasteiger partial charge in [-0.25, -0.2) is 4.98 Å². The number of aromatic amines is 1. The lowest BCUT2D eigenvalue weighted by Crippen LogP contribution is -3.17. The molecule has 3 fully saturated rings. The van der Waals surface area contributed by atoms with E-state index in [-0.39, 0.29) is 27.6 Å². The van der Waals surface area contributed by atoms with E-state index >= 15 is 0 Å². The summed E-state index contributed by atoms with van der Waals surface area (Å²) in [6, 6.07) is 1.67. The van der Waals surface area contributed by atoms with Gasteiger partial charge in [-0.05, 0) is 27.9 Å². The number of nitrogens with zero attached hydrogens (tertiary/aromatic N) is 2. The molecule has 1 amide bonds. The van der Waals surface area contributed by atoms with Gasteiger partial charge in [0, 0.05) is 12.8 Å². The second kappa shape index (κ2) is 5.82. The number of nitro groups is 1. The number of carbonyl (C=O) groups excluding carboxylic acids is 1. The summed E-state index contributed by atoms with van der Waals surface area (Å²) in [4.78, 5) is 31.9. The average molecular weight is 395 g/mol. The third kappa shape index (κ3) is 2.48. The molecule has 0 spiro atoms. The van der Waals surface area contributed by atoms with Crippen molar-refractivity contribution in [3.8, 4) is 0 Å². The summed E-state index contributed by atoms with van der Waals surface area (Å²) in [6.45, 7) is 3.33. The SMILES string of the molecule is O=C(N[C@H]1C[NH+]2CCC1CC2)c1cc(Br)c([N+](=O)[O-])c2nc[nH]c12. The maximum atomic E-state index is 12.8. The zero-order chi connectivity index (χ0) is 16.8. The number of carbonyl (C=O) groups is 1. The van der Waals surface area contributed by atoms with Gasteiger partial charge in [-0.3, -0.25) is 14.9 Å². The molecule has 2 aromatic rings.